The molecule has 2 heterocycles. The second kappa shape index (κ2) is 5.38. The number of ether oxygens (including phenoxy) is 1. The van der Waals surface area contributed by atoms with Gasteiger partial charge in [0.25, 0.3) is 0 Å². The minimum atomic E-state index is -0.352. The normalized spacial score (nSPS) is 21.2. The third-order valence-electron chi connectivity index (χ3n) is 3.23. The topological polar surface area (TPSA) is 47.4 Å². The molecule has 1 fully saturated rings. The van der Waals surface area contributed by atoms with Gasteiger partial charge in [0.2, 0.25) is 0 Å². The van der Waals surface area contributed by atoms with E-state index in [1.54, 1.807) is 11.7 Å². The lowest BCUT2D eigenvalue weighted by Crippen LogP contribution is -2.44. The van der Waals surface area contributed by atoms with Crippen LogP contribution in [-0.4, -0.2) is 53.3 Å². The van der Waals surface area contributed by atoms with E-state index < -0.39 is 0 Å². The molecule has 100 valence electrons. The lowest BCUT2D eigenvalue weighted by Gasteiger charge is -2.29. The molecule has 0 radical (unpaired) electrons. The number of nitrogens with zero attached hydrogens (tertiary/aromatic N) is 3. The summed E-state index contributed by atoms with van der Waals surface area (Å²) >= 11 is 6.14. The molecule has 2 rings (SSSR count). The highest BCUT2D eigenvalue weighted by atomic mass is 35.5. The fraction of sp³-hybridized carbons (Fsp3) is 0.667. The number of aryl methyl sites for hydroxylation is 2. The molecule has 0 N–H and O–H groups in total. The Balaban J connectivity index is 2.06. The Bertz CT molecular complexity index is 458. The van der Waals surface area contributed by atoms with Crippen molar-refractivity contribution >= 4 is 17.4 Å². The van der Waals surface area contributed by atoms with Crippen LogP contribution in [0.15, 0.2) is 0 Å². The first-order valence-electron chi connectivity index (χ1n) is 6.00. The van der Waals surface area contributed by atoms with Gasteiger partial charge in [0.05, 0.1) is 29.4 Å². The van der Waals surface area contributed by atoms with Crippen LogP contribution in [0.4, 0.5) is 0 Å². The van der Waals surface area contributed by atoms with E-state index in [2.05, 4.69) is 10.00 Å². The Morgan fingerprint density at radius 2 is 2.28 bits per heavy atom. The summed E-state index contributed by atoms with van der Waals surface area (Å²) in [6.07, 6.45) is -0.0793. The van der Waals surface area contributed by atoms with Crippen LogP contribution in [0.2, 0.25) is 5.02 Å². The lowest BCUT2D eigenvalue weighted by atomic mass is 10.1. The smallest absolute Gasteiger partial charge is 0.168 e. The van der Waals surface area contributed by atoms with Crippen LogP contribution >= 0.6 is 11.6 Å². The molecule has 0 aromatic carbocycles. The maximum Gasteiger partial charge on any atom is 0.168 e. The molecule has 18 heavy (non-hydrogen) atoms. The number of likely N-dealkylation sites (N-methyl/N-ethyl adjacent to an activating group) is 1. The van der Waals surface area contributed by atoms with E-state index in [1.165, 1.54) is 0 Å². The van der Waals surface area contributed by atoms with Gasteiger partial charge in [-0.25, -0.2) is 0 Å². The molecular weight excluding hydrogens is 254 g/mol. The Labute approximate surface area is 112 Å². The molecule has 6 heteroatoms. The largest absolute Gasteiger partial charge is 0.368 e. The van der Waals surface area contributed by atoms with Crippen molar-refractivity contribution in [1.82, 2.24) is 14.7 Å². The van der Waals surface area contributed by atoms with Gasteiger partial charge in [-0.1, -0.05) is 11.6 Å². The molecule has 1 aromatic rings. The molecule has 0 amide bonds. The standard InChI is InChI=1S/C12H18ClN3O2/c1-8-12(13)9(16(3)14-8)6-10(17)11-7-15(2)4-5-18-11/h11H,4-7H2,1-3H3. The summed E-state index contributed by atoms with van der Waals surface area (Å²) in [5.74, 6) is 0.0615. The van der Waals surface area contributed by atoms with Gasteiger partial charge in [-0.05, 0) is 14.0 Å². The summed E-state index contributed by atoms with van der Waals surface area (Å²) in [5, 5.41) is 4.78. The van der Waals surface area contributed by atoms with Gasteiger partial charge in [-0.15, -0.1) is 0 Å². The van der Waals surface area contributed by atoms with E-state index in [0.717, 1.165) is 17.9 Å². The van der Waals surface area contributed by atoms with Crippen LogP contribution in [-0.2, 0) is 23.0 Å². The Morgan fingerprint density at radius 1 is 1.56 bits per heavy atom. The number of carbonyl (C=O) groups is 1. The van der Waals surface area contributed by atoms with Gasteiger partial charge in [-0.3, -0.25) is 9.48 Å². The fourth-order valence-corrected chi connectivity index (χ4v) is 2.35. The van der Waals surface area contributed by atoms with Crippen molar-refractivity contribution in [2.75, 3.05) is 26.7 Å². The molecule has 1 aliphatic heterocycles. The predicted molar refractivity (Wildman–Crippen MR) is 68.9 cm³/mol. The van der Waals surface area contributed by atoms with Crippen molar-refractivity contribution in [1.29, 1.82) is 0 Å². The third kappa shape index (κ3) is 2.74. The van der Waals surface area contributed by atoms with Gasteiger partial charge >= 0.3 is 0 Å². The SMILES string of the molecule is Cc1nn(C)c(CC(=O)C2CN(C)CCO2)c1Cl. The van der Waals surface area contributed by atoms with Crippen molar-refractivity contribution in [2.24, 2.45) is 7.05 Å². The molecule has 1 aliphatic rings. The number of rotatable bonds is 3. The fourth-order valence-electron chi connectivity index (χ4n) is 2.12. The Kier molecular flexibility index (Phi) is 4.04. The van der Waals surface area contributed by atoms with E-state index in [0.29, 0.717) is 18.2 Å². The zero-order valence-corrected chi connectivity index (χ0v) is 11.7. The van der Waals surface area contributed by atoms with Crippen LogP contribution in [0.1, 0.15) is 11.4 Å². The third-order valence-corrected chi connectivity index (χ3v) is 3.72. The van der Waals surface area contributed by atoms with E-state index in [9.17, 15) is 4.79 Å². The minimum Gasteiger partial charge on any atom is -0.368 e. The Hall–Kier alpha value is -0.910. The molecule has 1 aromatic heterocycles. The summed E-state index contributed by atoms with van der Waals surface area (Å²) < 4.78 is 7.17. The quantitative estimate of drug-likeness (QED) is 0.817. The van der Waals surface area contributed by atoms with Gasteiger partial charge < -0.3 is 9.64 Å². The highest BCUT2D eigenvalue weighted by molar-refractivity contribution is 6.32. The van der Waals surface area contributed by atoms with Gasteiger partial charge in [0.1, 0.15) is 6.10 Å². The first kappa shape index (κ1) is 13.5. The summed E-state index contributed by atoms with van der Waals surface area (Å²) in [5.41, 5.74) is 1.51. The van der Waals surface area contributed by atoms with E-state index in [-0.39, 0.29) is 18.3 Å². The van der Waals surface area contributed by atoms with Crippen LogP contribution in [0.25, 0.3) is 0 Å². The van der Waals surface area contributed by atoms with Crippen molar-refractivity contribution in [3.8, 4) is 0 Å². The van der Waals surface area contributed by atoms with Gasteiger partial charge in [0.15, 0.2) is 5.78 Å². The highest BCUT2D eigenvalue weighted by Crippen LogP contribution is 2.21. The molecule has 5 nitrogen and oxygen atoms in total. The number of hydrogen-bond donors (Lipinski definition) is 0. The first-order valence-corrected chi connectivity index (χ1v) is 6.37. The summed E-state index contributed by atoms with van der Waals surface area (Å²) in [6, 6.07) is 0. The average Bonchev–Trinajstić information content (AvgIpc) is 2.56. The van der Waals surface area contributed by atoms with Crippen LogP contribution in [0.5, 0.6) is 0 Å². The van der Waals surface area contributed by atoms with Gasteiger partial charge in [-0.2, -0.15) is 5.10 Å². The predicted octanol–water partition coefficient (Wildman–Crippen LogP) is 0.824. The maximum absolute atomic E-state index is 12.2. The van der Waals surface area contributed by atoms with Gasteiger partial charge in [0, 0.05) is 20.1 Å². The molecular formula is C12H18ClN3O2. The number of ketones is 1. The molecule has 1 atom stereocenters. The lowest BCUT2D eigenvalue weighted by molar-refractivity contribution is -0.134. The summed E-state index contributed by atoms with van der Waals surface area (Å²) in [7, 11) is 3.79. The van der Waals surface area contributed by atoms with E-state index in [1.807, 2.05) is 14.0 Å². The van der Waals surface area contributed by atoms with Crippen molar-refractivity contribution in [2.45, 2.75) is 19.4 Å². The zero-order valence-electron chi connectivity index (χ0n) is 10.9. The maximum atomic E-state index is 12.2. The molecule has 0 bridgehead atoms. The molecule has 0 aliphatic carbocycles. The van der Waals surface area contributed by atoms with Crippen molar-refractivity contribution in [3.63, 3.8) is 0 Å². The summed E-state index contributed by atoms with van der Waals surface area (Å²) in [4.78, 5) is 14.3. The number of carbonyl (C=O) groups excluding carboxylic acids is 1. The number of Topliss-reactive ketones (excluding diaryl/α,β-unsaturated/α-hetero) is 1. The minimum absolute atomic E-state index is 0.0615. The second-order valence-electron chi connectivity index (χ2n) is 4.73. The molecule has 1 saturated heterocycles. The van der Waals surface area contributed by atoms with E-state index >= 15 is 0 Å². The zero-order chi connectivity index (χ0) is 13.3. The van der Waals surface area contributed by atoms with Crippen molar-refractivity contribution in [3.05, 3.63) is 16.4 Å². The van der Waals surface area contributed by atoms with Crippen LogP contribution < -0.4 is 0 Å². The van der Waals surface area contributed by atoms with Crippen LogP contribution in [0, 0.1) is 6.92 Å². The average molecular weight is 272 g/mol. The van der Waals surface area contributed by atoms with E-state index in [4.69, 9.17) is 16.3 Å². The summed E-state index contributed by atoms with van der Waals surface area (Å²) in [6.45, 7) is 3.95. The number of aromatic nitrogens is 2. The highest BCUT2D eigenvalue weighted by Gasteiger charge is 2.26. The number of morpholine rings is 1. The molecule has 1 unspecified atom stereocenters. The number of halogens is 1. The molecule has 0 saturated carbocycles. The van der Waals surface area contributed by atoms with Crippen molar-refractivity contribution < 1.29 is 9.53 Å². The Morgan fingerprint density at radius 3 is 2.83 bits per heavy atom. The first-order chi connectivity index (χ1) is 8.49. The second-order valence-corrected chi connectivity index (χ2v) is 5.11. The monoisotopic (exact) mass is 271 g/mol. The number of hydrogen-bond acceptors (Lipinski definition) is 4. The van der Waals surface area contributed by atoms with Crippen LogP contribution in [0.3, 0.4) is 0 Å². The molecule has 0 spiro atoms.